The minimum Gasteiger partial charge on any atom is -0.294 e. The average Bonchev–Trinajstić information content (AvgIpc) is 2.19. The van der Waals surface area contributed by atoms with Gasteiger partial charge in [0.2, 0.25) is 0 Å². The summed E-state index contributed by atoms with van der Waals surface area (Å²) in [6.07, 6.45) is 3.68. The summed E-state index contributed by atoms with van der Waals surface area (Å²) in [4.78, 5) is 11.6. The lowest BCUT2D eigenvalue weighted by molar-refractivity contribution is 0.0982. The van der Waals surface area contributed by atoms with E-state index in [1.165, 1.54) is 0 Å². The van der Waals surface area contributed by atoms with Gasteiger partial charge in [0.25, 0.3) is 0 Å². The smallest absolute Gasteiger partial charge is 0.162 e. The first-order valence-corrected chi connectivity index (χ1v) is 6.70. The fourth-order valence-electron chi connectivity index (χ4n) is 1.16. The molecule has 0 heterocycles. The molecule has 0 saturated carbocycles. The van der Waals surface area contributed by atoms with Crippen LogP contribution in [-0.2, 0) is 0 Å². The summed E-state index contributed by atoms with van der Waals surface area (Å²) in [5.41, 5.74) is 0.814. The van der Waals surface area contributed by atoms with Gasteiger partial charge in [-0.3, -0.25) is 4.79 Å². The zero-order chi connectivity index (χ0) is 10.4. The molecular formula is C11H13BrOS. The van der Waals surface area contributed by atoms with Crippen molar-refractivity contribution >= 4 is 33.5 Å². The van der Waals surface area contributed by atoms with Gasteiger partial charge in [0, 0.05) is 16.5 Å². The van der Waals surface area contributed by atoms with E-state index in [1.807, 2.05) is 24.3 Å². The third-order valence-electron chi connectivity index (χ3n) is 1.92. The summed E-state index contributed by atoms with van der Waals surface area (Å²) in [7, 11) is 0. The van der Waals surface area contributed by atoms with Crippen molar-refractivity contribution < 1.29 is 4.79 Å². The minimum atomic E-state index is 0.242. The number of hydrogen-bond acceptors (Lipinski definition) is 2. The minimum absolute atomic E-state index is 0.242. The zero-order valence-electron chi connectivity index (χ0n) is 8.13. The first-order chi connectivity index (χ1) is 6.74. The summed E-state index contributed by atoms with van der Waals surface area (Å²) in [6.45, 7) is 0. The Morgan fingerprint density at radius 2 is 2.00 bits per heavy atom. The number of ketones is 1. The molecule has 1 aromatic carbocycles. The SMILES string of the molecule is CSCCCC(=O)c1ccc(Br)cc1. The number of rotatable bonds is 5. The van der Waals surface area contributed by atoms with Gasteiger partial charge in [0.05, 0.1) is 0 Å². The van der Waals surface area contributed by atoms with Crippen molar-refractivity contribution in [3.8, 4) is 0 Å². The molecule has 0 unspecified atom stereocenters. The van der Waals surface area contributed by atoms with Crippen LogP contribution in [0.2, 0.25) is 0 Å². The topological polar surface area (TPSA) is 17.1 Å². The van der Waals surface area contributed by atoms with Crippen LogP contribution in [0.15, 0.2) is 28.7 Å². The van der Waals surface area contributed by atoms with E-state index in [4.69, 9.17) is 0 Å². The standard InChI is InChI=1S/C11H13BrOS/c1-14-8-2-3-11(13)9-4-6-10(12)7-5-9/h4-7H,2-3,8H2,1H3. The Morgan fingerprint density at radius 1 is 1.36 bits per heavy atom. The van der Waals surface area contributed by atoms with E-state index in [0.717, 1.165) is 22.2 Å². The fraction of sp³-hybridized carbons (Fsp3) is 0.364. The highest BCUT2D eigenvalue weighted by molar-refractivity contribution is 9.10. The molecule has 0 aliphatic carbocycles. The van der Waals surface area contributed by atoms with Crippen molar-refractivity contribution in [2.24, 2.45) is 0 Å². The Hall–Kier alpha value is -0.280. The molecule has 0 N–H and O–H groups in total. The van der Waals surface area contributed by atoms with Crippen LogP contribution >= 0.6 is 27.7 Å². The van der Waals surface area contributed by atoms with Gasteiger partial charge in [-0.1, -0.05) is 28.1 Å². The highest BCUT2D eigenvalue weighted by Gasteiger charge is 2.04. The van der Waals surface area contributed by atoms with Crippen molar-refractivity contribution in [1.29, 1.82) is 0 Å². The van der Waals surface area contributed by atoms with Gasteiger partial charge in [-0.2, -0.15) is 11.8 Å². The average molecular weight is 273 g/mol. The molecule has 0 spiro atoms. The highest BCUT2D eigenvalue weighted by Crippen LogP contribution is 2.13. The maximum absolute atomic E-state index is 11.6. The molecule has 1 aromatic rings. The second-order valence-electron chi connectivity index (χ2n) is 3.03. The first-order valence-electron chi connectivity index (χ1n) is 4.51. The zero-order valence-corrected chi connectivity index (χ0v) is 10.5. The molecule has 76 valence electrons. The van der Waals surface area contributed by atoms with Crippen LogP contribution in [0.25, 0.3) is 0 Å². The van der Waals surface area contributed by atoms with Gasteiger partial charge in [-0.15, -0.1) is 0 Å². The molecule has 0 radical (unpaired) electrons. The van der Waals surface area contributed by atoms with E-state index in [-0.39, 0.29) is 5.78 Å². The molecule has 0 atom stereocenters. The number of carbonyl (C=O) groups is 1. The molecule has 0 fully saturated rings. The third-order valence-corrected chi connectivity index (χ3v) is 3.14. The number of Topliss-reactive ketones (excluding diaryl/α,β-unsaturated/α-hetero) is 1. The van der Waals surface area contributed by atoms with Crippen LogP contribution in [0, 0.1) is 0 Å². The number of thioether (sulfide) groups is 1. The van der Waals surface area contributed by atoms with Gasteiger partial charge in [0.15, 0.2) is 5.78 Å². The lowest BCUT2D eigenvalue weighted by atomic mass is 10.1. The number of carbonyl (C=O) groups excluding carboxylic acids is 1. The van der Waals surface area contributed by atoms with E-state index in [2.05, 4.69) is 22.2 Å². The van der Waals surface area contributed by atoms with E-state index >= 15 is 0 Å². The quantitative estimate of drug-likeness (QED) is 0.600. The van der Waals surface area contributed by atoms with Gasteiger partial charge < -0.3 is 0 Å². The predicted molar refractivity (Wildman–Crippen MR) is 66.1 cm³/mol. The summed E-state index contributed by atoms with van der Waals surface area (Å²) in [5, 5.41) is 0. The van der Waals surface area contributed by atoms with Crippen LogP contribution in [0.4, 0.5) is 0 Å². The summed E-state index contributed by atoms with van der Waals surface area (Å²) < 4.78 is 1.01. The molecule has 0 amide bonds. The maximum atomic E-state index is 11.6. The third kappa shape index (κ3) is 3.84. The summed E-state index contributed by atoms with van der Waals surface area (Å²) in [5.74, 6) is 1.30. The molecule has 3 heteroatoms. The van der Waals surface area contributed by atoms with E-state index in [1.54, 1.807) is 11.8 Å². The maximum Gasteiger partial charge on any atom is 0.162 e. The van der Waals surface area contributed by atoms with Gasteiger partial charge >= 0.3 is 0 Å². The second kappa shape index (κ2) is 6.25. The highest BCUT2D eigenvalue weighted by atomic mass is 79.9. The van der Waals surface area contributed by atoms with Crippen molar-refractivity contribution in [3.63, 3.8) is 0 Å². The lowest BCUT2D eigenvalue weighted by Crippen LogP contribution is -1.99. The Bertz CT molecular complexity index is 295. The molecule has 1 nitrogen and oxygen atoms in total. The van der Waals surface area contributed by atoms with Crippen molar-refractivity contribution in [2.75, 3.05) is 12.0 Å². The Labute approximate surface area is 97.4 Å². The van der Waals surface area contributed by atoms with E-state index in [0.29, 0.717) is 6.42 Å². The van der Waals surface area contributed by atoms with Crippen LogP contribution in [0.5, 0.6) is 0 Å². The fourth-order valence-corrected chi connectivity index (χ4v) is 1.85. The number of hydrogen-bond donors (Lipinski definition) is 0. The van der Waals surface area contributed by atoms with Crippen molar-refractivity contribution in [3.05, 3.63) is 34.3 Å². The summed E-state index contributed by atoms with van der Waals surface area (Å²) in [6, 6.07) is 7.54. The molecule has 14 heavy (non-hydrogen) atoms. The number of halogens is 1. The van der Waals surface area contributed by atoms with Crippen molar-refractivity contribution in [2.45, 2.75) is 12.8 Å². The van der Waals surface area contributed by atoms with Gasteiger partial charge in [-0.25, -0.2) is 0 Å². The lowest BCUT2D eigenvalue weighted by Gasteiger charge is -2.00. The predicted octanol–water partition coefficient (Wildman–Crippen LogP) is 3.78. The van der Waals surface area contributed by atoms with Crippen LogP contribution in [0.3, 0.4) is 0 Å². The molecule has 0 aromatic heterocycles. The molecular weight excluding hydrogens is 260 g/mol. The number of benzene rings is 1. The Morgan fingerprint density at radius 3 is 2.57 bits per heavy atom. The molecule has 0 bridgehead atoms. The monoisotopic (exact) mass is 272 g/mol. The second-order valence-corrected chi connectivity index (χ2v) is 4.93. The van der Waals surface area contributed by atoms with E-state index in [9.17, 15) is 4.79 Å². The first kappa shape index (κ1) is 11.8. The Balaban J connectivity index is 2.48. The molecule has 0 aliphatic heterocycles. The largest absolute Gasteiger partial charge is 0.294 e. The molecule has 1 rings (SSSR count). The summed E-state index contributed by atoms with van der Waals surface area (Å²) >= 11 is 5.13. The normalized spacial score (nSPS) is 10.1. The molecule has 0 aliphatic rings. The van der Waals surface area contributed by atoms with Crippen molar-refractivity contribution in [1.82, 2.24) is 0 Å². The molecule has 0 saturated heterocycles. The van der Waals surface area contributed by atoms with Crippen LogP contribution < -0.4 is 0 Å². The van der Waals surface area contributed by atoms with Crippen LogP contribution in [-0.4, -0.2) is 17.8 Å². The van der Waals surface area contributed by atoms with Gasteiger partial charge in [-0.05, 0) is 30.6 Å². The Kier molecular flexibility index (Phi) is 5.26. The van der Waals surface area contributed by atoms with Crippen LogP contribution in [0.1, 0.15) is 23.2 Å². The van der Waals surface area contributed by atoms with E-state index < -0.39 is 0 Å². The van der Waals surface area contributed by atoms with Gasteiger partial charge in [0.1, 0.15) is 0 Å².